The van der Waals surface area contributed by atoms with Crippen molar-refractivity contribution >= 4 is 28.0 Å². The molecule has 0 saturated heterocycles. The molecule has 0 atom stereocenters. The van der Waals surface area contributed by atoms with Gasteiger partial charge in [-0.1, -0.05) is 18.2 Å². The molecule has 0 unspecified atom stereocenters. The Morgan fingerprint density at radius 2 is 1.95 bits per heavy atom. The quantitative estimate of drug-likeness (QED) is 0.581. The largest absolute Gasteiger partial charge is 0.353 e. The van der Waals surface area contributed by atoms with Crippen LogP contribution in [-0.2, 0) is 0 Å². The molecule has 1 N–H and O–H groups in total. The minimum atomic E-state index is 0.883. The summed E-state index contributed by atoms with van der Waals surface area (Å²) in [5.41, 5.74) is 3.09. The first-order valence-corrected chi connectivity index (χ1v) is 6.97. The van der Waals surface area contributed by atoms with Crippen LogP contribution in [0.3, 0.4) is 0 Å². The van der Waals surface area contributed by atoms with E-state index in [0.717, 1.165) is 29.8 Å². The van der Waals surface area contributed by atoms with Gasteiger partial charge in [0.1, 0.15) is 0 Å². The molecule has 2 heterocycles. The third kappa shape index (κ3) is 2.25. The van der Waals surface area contributed by atoms with E-state index in [9.17, 15) is 0 Å². The molecule has 0 bridgehead atoms. The fourth-order valence-electron chi connectivity index (χ4n) is 2.36. The van der Waals surface area contributed by atoms with Crippen LogP contribution in [0.5, 0.6) is 0 Å². The van der Waals surface area contributed by atoms with E-state index in [0.29, 0.717) is 0 Å². The zero-order valence-corrected chi connectivity index (χ0v) is 11.8. The first-order chi connectivity index (χ1) is 9.81. The van der Waals surface area contributed by atoms with Gasteiger partial charge >= 0.3 is 0 Å². The molecule has 3 aromatic rings. The number of fused-ring (bicyclic) bond motifs is 3. The normalized spacial score (nSPS) is 11.7. The summed E-state index contributed by atoms with van der Waals surface area (Å²) in [6, 6.07) is 10.4. The van der Waals surface area contributed by atoms with E-state index >= 15 is 0 Å². The smallest absolute Gasteiger partial charge is 0.0838 e. The number of benzene rings is 1. The number of rotatable bonds is 4. The van der Waals surface area contributed by atoms with E-state index in [4.69, 9.17) is 0 Å². The zero-order valence-electron chi connectivity index (χ0n) is 11.8. The Hall–Kier alpha value is -2.36. The first-order valence-electron chi connectivity index (χ1n) is 6.97. The van der Waals surface area contributed by atoms with Crippen molar-refractivity contribution in [1.29, 1.82) is 0 Å². The number of H-pyrrole nitrogens is 1. The van der Waals surface area contributed by atoms with Crippen LogP contribution in [0, 0.1) is 0 Å². The standard InChI is InChI=1S/C16H18N4/c1-3-20(4-2)18-10-12-9-14-13-7-5-6-8-15(13)19-16(14)11-17-12/h5-11,19H,3-4H2,1-2H3/b18-10+. The average Bonchev–Trinajstić information content (AvgIpc) is 2.86. The predicted octanol–water partition coefficient (Wildman–Crippen LogP) is 3.39. The average molecular weight is 266 g/mol. The molecule has 0 amide bonds. The lowest BCUT2D eigenvalue weighted by molar-refractivity contribution is 0.323. The molecule has 2 aromatic heterocycles. The van der Waals surface area contributed by atoms with Gasteiger partial charge in [-0.2, -0.15) is 5.10 Å². The van der Waals surface area contributed by atoms with E-state index in [1.165, 1.54) is 10.8 Å². The molecule has 0 spiro atoms. The highest BCUT2D eigenvalue weighted by atomic mass is 15.4. The van der Waals surface area contributed by atoms with E-state index in [1.807, 2.05) is 23.5 Å². The molecule has 0 radical (unpaired) electrons. The molecule has 102 valence electrons. The number of nitrogens with one attached hydrogen (secondary N) is 1. The highest BCUT2D eigenvalue weighted by Gasteiger charge is 2.04. The zero-order chi connectivity index (χ0) is 13.9. The number of hydrazone groups is 1. The van der Waals surface area contributed by atoms with Crippen molar-refractivity contribution in [2.24, 2.45) is 5.10 Å². The Bertz CT molecular complexity index is 753. The predicted molar refractivity (Wildman–Crippen MR) is 84.1 cm³/mol. The maximum atomic E-state index is 4.44. The summed E-state index contributed by atoms with van der Waals surface area (Å²) in [6.45, 7) is 6.00. The fourth-order valence-corrected chi connectivity index (χ4v) is 2.36. The molecule has 20 heavy (non-hydrogen) atoms. The van der Waals surface area contributed by atoms with Crippen LogP contribution in [0.25, 0.3) is 21.8 Å². The second kappa shape index (κ2) is 5.33. The molecule has 0 fully saturated rings. The molecule has 0 aliphatic rings. The van der Waals surface area contributed by atoms with E-state index in [2.05, 4.69) is 53.2 Å². The molecule has 1 aromatic carbocycles. The number of aromatic nitrogens is 2. The minimum Gasteiger partial charge on any atom is -0.353 e. The highest BCUT2D eigenvalue weighted by molar-refractivity contribution is 6.07. The second-order valence-corrected chi connectivity index (χ2v) is 4.71. The van der Waals surface area contributed by atoms with E-state index < -0.39 is 0 Å². The van der Waals surface area contributed by atoms with Crippen molar-refractivity contribution in [3.8, 4) is 0 Å². The minimum absolute atomic E-state index is 0.883. The van der Waals surface area contributed by atoms with Crippen LogP contribution in [0.1, 0.15) is 19.5 Å². The van der Waals surface area contributed by atoms with Crippen molar-refractivity contribution in [1.82, 2.24) is 15.0 Å². The summed E-state index contributed by atoms with van der Waals surface area (Å²) in [5.74, 6) is 0. The van der Waals surface area contributed by atoms with Gasteiger partial charge in [0.15, 0.2) is 0 Å². The molecular weight excluding hydrogens is 248 g/mol. The van der Waals surface area contributed by atoms with Crippen LogP contribution in [-0.4, -0.2) is 34.3 Å². The van der Waals surface area contributed by atoms with Crippen LogP contribution >= 0.6 is 0 Å². The number of hydrogen-bond donors (Lipinski definition) is 1. The van der Waals surface area contributed by atoms with Crippen molar-refractivity contribution < 1.29 is 0 Å². The Morgan fingerprint density at radius 3 is 2.75 bits per heavy atom. The van der Waals surface area contributed by atoms with Crippen LogP contribution in [0.15, 0.2) is 41.6 Å². The fraction of sp³-hybridized carbons (Fsp3) is 0.250. The summed E-state index contributed by atoms with van der Waals surface area (Å²) in [6.07, 6.45) is 3.70. The Labute approximate surface area is 118 Å². The number of pyridine rings is 1. The number of para-hydroxylation sites is 1. The lowest BCUT2D eigenvalue weighted by Gasteiger charge is -2.12. The summed E-state index contributed by atoms with van der Waals surface area (Å²) in [5, 5.41) is 8.85. The summed E-state index contributed by atoms with van der Waals surface area (Å²) < 4.78 is 0. The van der Waals surface area contributed by atoms with Gasteiger partial charge in [0.05, 0.1) is 23.6 Å². The summed E-state index contributed by atoms with van der Waals surface area (Å²) in [4.78, 5) is 7.81. The topological polar surface area (TPSA) is 44.3 Å². The van der Waals surface area contributed by atoms with E-state index in [-0.39, 0.29) is 0 Å². The van der Waals surface area contributed by atoms with Gasteiger partial charge in [-0.05, 0) is 26.0 Å². The van der Waals surface area contributed by atoms with Gasteiger partial charge in [-0.15, -0.1) is 0 Å². The van der Waals surface area contributed by atoms with Crippen LogP contribution in [0.4, 0.5) is 0 Å². The molecule has 0 saturated carbocycles. The molecule has 4 heteroatoms. The monoisotopic (exact) mass is 266 g/mol. The SMILES string of the molecule is CCN(CC)/N=C/c1cc2c(cn1)[nH]c1ccccc12. The highest BCUT2D eigenvalue weighted by Crippen LogP contribution is 2.24. The van der Waals surface area contributed by atoms with E-state index in [1.54, 1.807) is 0 Å². The van der Waals surface area contributed by atoms with Gasteiger partial charge in [0.25, 0.3) is 0 Å². The van der Waals surface area contributed by atoms with Gasteiger partial charge in [-0.3, -0.25) is 9.99 Å². The third-order valence-electron chi connectivity index (χ3n) is 3.50. The summed E-state index contributed by atoms with van der Waals surface area (Å²) in [7, 11) is 0. The lowest BCUT2D eigenvalue weighted by Crippen LogP contribution is -2.16. The number of hydrogen-bond acceptors (Lipinski definition) is 3. The van der Waals surface area contributed by atoms with Crippen molar-refractivity contribution in [3.63, 3.8) is 0 Å². The maximum absolute atomic E-state index is 4.44. The lowest BCUT2D eigenvalue weighted by atomic mass is 10.2. The van der Waals surface area contributed by atoms with Gasteiger partial charge < -0.3 is 4.98 Å². The molecule has 3 rings (SSSR count). The Kier molecular flexibility index (Phi) is 3.37. The molecule has 4 nitrogen and oxygen atoms in total. The second-order valence-electron chi connectivity index (χ2n) is 4.71. The molecule has 0 aliphatic heterocycles. The number of nitrogens with zero attached hydrogens (tertiary/aromatic N) is 3. The van der Waals surface area contributed by atoms with Gasteiger partial charge in [-0.25, -0.2) is 0 Å². The molecule has 0 aliphatic carbocycles. The molecular formula is C16H18N4. The van der Waals surface area contributed by atoms with Crippen molar-refractivity contribution in [2.75, 3.05) is 13.1 Å². The van der Waals surface area contributed by atoms with Crippen molar-refractivity contribution in [3.05, 3.63) is 42.2 Å². The van der Waals surface area contributed by atoms with Crippen LogP contribution < -0.4 is 0 Å². The van der Waals surface area contributed by atoms with Crippen molar-refractivity contribution in [2.45, 2.75) is 13.8 Å². The van der Waals surface area contributed by atoms with Crippen LogP contribution in [0.2, 0.25) is 0 Å². The maximum Gasteiger partial charge on any atom is 0.0838 e. The Morgan fingerprint density at radius 1 is 1.15 bits per heavy atom. The third-order valence-corrected chi connectivity index (χ3v) is 3.50. The number of aromatic amines is 1. The summed E-state index contributed by atoms with van der Waals surface area (Å²) >= 11 is 0. The Balaban J connectivity index is 2.03. The van der Waals surface area contributed by atoms with Gasteiger partial charge in [0.2, 0.25) is 0 Å². The first kappa shape index (κ1) is 12.7. The van der Waals surface area contributed by atoms with Gasteiger partial charge in [0, 0.05) is 29.4 Å².